The van der Waals surface area contributed by atoms with E-state index in [1.807, 2.05) is 25.1 Å². The van der Waals surface area contributed by atoms with Crippen LogP contribution in [0.3, 0.4) is 0 Å². The maximum absolute atomic E-state index is 12.1. The Morgan fingerprint density at radius 3 is 2.57 bits per heavy atom. The van der Waals surface area contributed by atoms with Crippen LogP contribution in [0.15, 0.2) is 48.5 Å². The van der Waals surface area contributed by atoms with Crippen LogP contribution in [0.2, 0.25) is 0 Å². The second-order valence-corrected chi connectivity index (χ2v) is 4.76. The second-order valence-electron chi connectivity index (χ2n) is 4.76. The molecule has 0 radical (unpaired) electrons. The molecule has 2 aromatic carbocycles. The second kappa shape index (κ2) is 6.70. The Balaban J connectivity index is 2.06. The molecule has 0 saturated carbocycles. The number of aryl methyl sites for hydroxylation is 1. The van der Waals surface area contributed by atoms with Gasteiger partial charge < -0.3 is 10.1 Å². The molecule has 0 spiro atoms. The third-order valence-corrected chi connectivity index (χ3v) is 2.90. The van der Waals surface area contributed by atoms with Gasteiger partial charge in [0.15, 0.2) is 12.4 Å². The van der Waals surface area contributed by atoms with Crippen LogP contribution in [0.25, 0.3) is 0 Å². The van der Waals surface area contributed by atoms with Gasteiger partial charge in [0.1, 0.15) is 5.75 Å². The summed E-state index contributed by atoms with van der Waals surface area (Å²) in [7, 11) is 0. The fourth-order valence-corrected chi connectivity index (χ4v) is 1.93. The number of carbonyl (C=O) groups is 2. The van der Waals surface area contributed by atoms with Gasteiger partial charge in [0, 0.05) is 12.5 Å². The van der Waals surface area contributed by atoms with Crippen molar-refractivity contribution in [3.05, 3.63) is 59.7 Å². The molecule has 2 rings (SSSR count). The fourth-order valence-electron chi connectivity index (χ4n) is 1.93. The summed E-state index contributed by atoms with van der Waals surface area (Å²) in [6.07, 6.45) is 0. The predicted molar refractivity (Wildman–Crippen MR) is 81.8 cm³/mol. The number of ketones is 1. The quantitative estimate of drug-likeness (QED) is 0.857. The minimum absolute atomic E-state index is 0.0694. The number of para-hydroxylation sites is 2. The standard InChI is InChI=1S/C17H17NO3/c1-12-6-5-7-14(10-12)16(20)11-21-17-9-4-3-8-15(17)18-13(2)19/h3-10H,11H2,1-2H3,(H,18,19). The summed E-state index contributed by atoms with van der Waals surface area (Å²) in [5, 5.41) is 2.67. The highest BCUT2D eigenvalue weighted by atomic mass is 16.5. The van der Waals surface area contributed by atoms with Crippen molar-refractivity contribution in [2.24, 2.45) is 0 Å². The van der Waals surface area contributed by atoms with Crippen molar-refractivity contribution >= 4 is 17.4 Å². The Bertz CT molecular complexity index is 665. The van der Waals surface area contributed by atoms with Crippen LogP contribution in [0, 0.1) is 6.92 Å². The van der Waals surface area contributed by atoms with Gasteiger partial charge in [-0.2, -0.15) is 0 Å². The molecule has 1 N–H and O–H groups in total. The molecule has 2 aromatic rings. The number of ether oxygens (including phenoxy) is 1. The van der Waals surface area contributed by atoms with Crippen molar-refractivity contribution in [3.8, 4) is 5.75 Å². The van der Waals surface area contributed by atoms with Crippen molar-refractivity contribution in [1.29, 1.82) is 0 Å². The number of benzene rings is 2. The van der Waals surface area contributed by atoms with Crippen molar-refractivity contribution in [1.82, 2.24) is 0 Å². The van der Waals surface area contributed by atoms with Gasteiger partial charge in [0.25, 0.3) is 0 Å². The molecule has 0 aliphatic rings. The summed E-state index contributed by atoms with van der Waals surface area (Å²) in [5.74, 6) is 0.195. The number of anilines is 1. The summed E-state index contributed by atoms with van der Waals surface area (Å²) in [6.45, 7) is 3.29. The summed E-state index contributed by atoms with van der Waals surface area (Å²) >= 11 is 0. The molecule has 4 nitrogen and oxygen atoms in total. The first-order valence-corrected chi connectivity index (χ1v) is 6.65. The van der Waals surface area contributed by atoms with Crippen molar-refractivity contribution < 1.29 is 14.3 Å². The highest BCUT2D eigenvalue weighted by Gasteiger charge is 2.09. The lowest BCUT2D eigenvalue weighted by Gasteiger charge is -2.11. The molecule has 0 atom stereocenters. The number of amides is 1. The minimum atomic E-state index is -0.184. The fraction of sp³-hybridized carbons (Fsp3) is 0.176. The predicted octanol–water partition coefficient (Wildman–Crippen LogP) is 3.22. The Labute approximate surface area is 123 Å². The summed E-state index contributed by atoms with van der Waals surface area (Å²) < 4.78 is 5.53. The van der Waals surface area contributed by atoms with Crippen LogP contribution in [0.5, 0.6) is 5.75 Å². The van der Waals surface area contributed by atoms with E-state index in [0.29, 0.717) is 17.0 Å². The molecule has 0 unspecified atom stereocenters. The summed E-state index contributed by atoms with van der Waals surface area (Å²) in [5.41, 5.74) is 2.20. The van der Waals surface area contributed by atoms with Crippen LogP contribution in [-0.2, 0) is 4.79 Å². The topological polar surface area (TPSA) is 55.4 Å². The van der Waals surface area contributed by atoms with E-state index in [1.165, 1.54) is 6.92 Å². The smallest absolute Gasteiger partial charge is 0.221 e. The number of hydrogen-bond donors (Lipinski definition) is 1. The van der Waals surface area contributed by atoms with E-state index in [0.717, 1.165) is 5.56 Å². The van der Waals surface area contributed by atoms with Gasteiger partial charge in [-0.25, -0.2) is 0 Å². The van der Waals surface area contributed by atoms with Crippen molar-refractivity contribution in [2.75, 3.05) is 11.9 Å². The van der Waals surface area contributed by atoms with E-state index >= 15 is 0 Å². The van der Waals surface area contributed by atoms with Gasteiger partial charge in [0.05, 0.1) is 5.69 Å². The number of Topliss-reactive ketones (excluding diaryl/α,β-unsaturated/α-hetero) is 1. The lowest BCUT2D eigenvalue weighted by Crippen LogP contribution is -2.13. The van der Waals surface area contributed by atoms with E-state index in [-0.39, 0.29) is 18.3 Å². The van der Waals surface area contributed by atoms with E-state index in [4.69, 9.17) is 4.74 Å². The van der Waals surface area contributed by atoms with Crippen LogP contribution in [0.1, 0.15) is 22.8 Å². The Hall–Kier alpha value is -2.62. The first kappa shape index (κ1) is 14.8. The number of carbonyl (C=O) groups excluding carboxylic acids is 2. The average Bonchev–Trinajstić information content (AvgIpc) is 2.45. The average molecular weight is 283 g/mol. The van der Waals surface area contributed by atoms with E-state index in [1.54, 1.807) is 30.3 Å². The maximum Gasteiger partial charge on any atom is 0.221 e. The van der Waals surface area contributed by atoms with Gasteiger partial charge >= 0.3 is 0 Å². The molecular formula is C17H17NO3. The molecular weight excluding hydrogens is 266 g/mol. The van der Waals surface area contributed by atoms with Gasteiger partial charge in [-0.1, -0.05) is 35.9 Å². The monoisotopic (exact) mass is 283 g/mol. The van der Waals surface area contributed by atoms with Crippen molar-refractivity contribution in [2.45, 2.75) is 13.8 Å². The number of rotatable bonds is 5. The molecule has 0 bridgehead atoms. The highest BCUT2D eigenvalue weighted by molar-refractivity contribution is 5.97. The van der Waals surface area contributed by atoms with Crippen LogP contribution >= 0.6 is 0 Å². The SMILES string of the molecule is CC(=O)Nc1ccccc1OCC(=O)c1cccc(C)c1. The van der Waals surface area contributed by atoms with Gasteiger partial charge in [-0.15, -0.1) is 0 Å². The Morgan fingerprint density at radius 2 is 1.86 bits per heavy atom. The Kier molecular flexibility index (Phi) is 4.72. The van der Waals surface area contributed by atoms with E-state index in [2.05, 4.69) is 5.32 Å². The molecule has 0 saturated heterocycles. The Morgan fingerprint density at radius 1 is 1.10 bits per heavy atom. The molecule has 21 heavy (non-hydrogen) atoms. The molecule has 0 heterocycles. The normalized spacial score (nSPS) is 10.0. The largest absolute Gasteiger partial charge is 0.483 e. The first-order valence-electron chi connectivity index (χ1n) is 6.65. The first-order chi connectivity index (χ1) is 10.1. The van der Waals surface area contributed by atoms with Gasteiger partial charge in [-0.05, 0) is 25.1 Å². The van der Waals surface area contributed by atoms with E-state index < -0.39 is 0 Å². The van der Waals surface area contributed by atoms with E-state index in [9.17, 15) is 9.59 Å². The zero-order valence-corrected chi connectivity index (χ0v) is 12.1. The molecule has 0 fully saturated rings. The lowest BCUT2D eigenvalue weighted by atomic mass is 10.1. The molecule has 1 amide bonds. The summed E-state index contributed by atoms with van der Waals surface area (Å²) in [4.78, 5) is 23.2. The summed E-state index contributed by atoms with van der Waals surface area (Å²) in [6, 6.07) is 14.4. The third kappa shape index (κ3) is 4.18. The van der Waals surface area contributed by atoms with Crippen molar-refractivity contribution in [3.63, 3.8) is 0 Å². The minimum Gasteiger partial charge on any atom is -0.483 e. The maximum atomic E-state index is 12.1. The zero-order valence-electron chi connectivity index (χ0n) is 12.1. The van der Waals surface area contributed by atoms with Gasteiger partial charge in [0.2, 0.25) is 5.91 Å². The molecule has 0 aliphatic heterocycles. The molecule has 108 valence electrons. The van der Waals surface area contributed by atoms with Gasteiger partial charge in [-0.3, -0.25) is 9.59 Å². The van der Waals surface area contributed by atoms with Crippen LogP contribution < -0.4 is 10.1 Å². The third-order valence-electron chi connectivity index (χ3n) is 2.90. The number of nitrogens with one attached hydrogen (secondary N) is 1. The van der Waals surface area contributed by atoms with Crippen LogP contribution in [-0.4, -0.2) is 18.3 Å². The molecule has 0 aromatic heterocycles. The lowest BCUT2D eigenvalue weighted by molar-refractivity contribution is -0.114. The number of hydrogen-bond acceptors (Lipinski definition) is 3. The molecule has 4 heteroatoms. The van der Waals surface area contributed by atoms with Crippen LogP contribution in [0.4, 0.5) is 5.69 Å². The highest BCUT2D eigenvalue weighted by Crippen LogP contribution is 2.23. The molecule has 0 aliphatic carbocycles. The zero-order chi connectivity index (χ0) is 15.2.